The molecule has 0 saturated carbocycles. The summed E-state index contributed by atoms with van der Waals surface area (Å²) in [6.45, 7) is 4.36. The average Bonchev–Trinajstić information content (AvgIpc) is 2.17. The van der Waals surface area contributed by atoms with E-state index in [1.165, 1.54) is 12.1 Å². The lowest BCUT2D eigenvalue weighted by Gasteiger charge is -2.12. The molecule has 1 atom stereocenters. The third-order valence-electron chi connectivity index (χ3n) is 2.03. The van der Waals surface area contributed by atoms with E-state index in [4.69, 9.17) is 5.73 Å². The maximum Gasteiger partial charge on any atom is 0.123 e. The Bertz CT molecular complexity index is 301. The maximum atomic E-state index is 12.9. The van der Waals surface area contributed by atoms with Crippen LogP contribution in [0, 0.1) is 11.7 Å². The number of rotatable bonds is 5. The van der Waals surface area contributed by atoms with Gasteiger partial charge in [-0.3, -0.25) is 0 Å². The van der Waals surface area contributed by atoms with Crippen LogP contribution in [0.5, 0.6) is 0 Å². The van der Waals surface area contributed by atoms with Crippen LogP contribution in [0.25, 0.3) is 0 Å². The van der Waals surface area contributed by atoms with Crippen LogP contribution in [0.3, 0.4) is 0 Å². The van der Waals surface area contributed by atoms with Gasteiger partial charge in [0.1, 0.15) is 5.82 Å². The van der Waals surface area contributed by atoms with Crippen molar-refractivity contribution in [1.82, 2.24) is 0 Å². The van der Waals surface area contributed by atoms with Gasteiger partial charge in [0, 0.05) is 11.8 Å². The summed E-state index contributed by atoms with van der Waals surface area (Å²) in [6.07, 6.45) is 0. The van der Waals surface area contributed by atoms with Gasteiger partial charge in [-0.2, -0.15) is 11.8 Å². The molecule has 0 aliphatic carbocycles. The van der Waals surface area contributed by atoms with Gasteiger partial charge in [-0.1, -0.05) is 26.0 Å². The van der Waals surface area contributed by atoms with E-state index in [1.807, 2.05) is 17.8 Å². The Morgan fingerprint density at radius 1 is 1.33 bits per heavy atom. The summed E-state index contributed by atoms with van der Waals surface area (Å²) >= 11 is 1.82. The minimum atomic E-state index is -0.211. The molecular formula is C12H18FNS. The van der Waals surface area contributed by atoms with Crippen molar-refractivity contribution in [2.24, 2.45) is 11.7 Å². The lowest BCUT2D eigenvalue weighted by atomic mass is 10.1. The highest BCUT2D eigenvalue weighted by Crippen LogP contribution is 2.18. The Morgan fingerprint density at radius 2 is 2.07 bits per heavy atom. The van der Waals surface area contributed by atoms with Crippen LogP contribution >= 0.6 is 11.8 Å². The zero-order chi connectivity index (χ0) is 11.3. The second-order valence-corrected chi connectivity index (χ2v) is 5.17. The Hall–Kier alpha value is -0.540. The molecule has 1 aromatic carbocycles. The topological polar surface area (TPSA) is 26.0 Å². The van der Waals surface area contributed by atoms with E-state index in [9.17, 15) is 4.39 Å². The average molecular weight is 227 g/mol. The Balaban J connectivity index is 2.43. The molecule has 0 heterocycles. The first-order chi connectivity index (χ1) is 7.09. The first-order valence-electron chi connectivity index (χ1n) is 5.18. The summed E-state index contributed by atoms with van der Waals surface area (Å²) in [7, 11) is 0. The van der Waals surface area contributed by atoms with Gasteiger partial charge < -0.3 is 5.73 Å². The lowest BCUT2D eigenvalue weighted by Crippen LogP contribution is -2.14. The van der Waals surface area contributed by atoms with Gasteiger partial charge in [-0.15, -0.1) is 0 Å². The molecule has 0 bridgehead atoms. The Morgan fingerprint density at radius 3 is 2.67 bits per heavy atom. The van der Waals surface area contributed by atoms with Crippen molar-refractivity contribution in [2.45, 2.75) is 19.9 Å². The molecule has 0 aliphatic heterocycles. The summed E-state index contributed by atoms with van der Waals surface area (Å²) in [4.78, 5) is 0. The highest BCUT2D eigenvalue weighted by atomic mass is 32.2. The Kier molecular flexibility index (Phi) is 5.12. The van der Waals surface area contributed by atoms with Crippen LogP contribution in [0.1, 0.15) is 25.5 Å². The standard InChI is InChI=1S/C12H18FNS/c1-9(2)7-15-8-12(14)10-4-3-5-11(13)6-10/h3-6,9,12H,7-8,14H2,1-2H3. The smallest absolute Gasteiger partial charge is 0.123 e. The van der Waals surface area contributed by atoms with Crippen molar-refractivity contribution in [2.75, 3.05) is 11.5 Å². The highest BCUT2D eigenvalue weighted by molar-refractivity contribution is 7.99. The zero-order valence-electron chi connectivity index (χ0n) is 9.24. The summed E-state index contributed by atoms with van der Waals surface area (Å²) in [5.41, 5.74) is 6.84. The Labute approximate surface area is 95.2 Å². The predicted octanol–water partition coefficient (Wildman–Crippen LogP) is 3.21. The molecule has 1 nitrogen and oxygen atoms in total. The van der Waals surface area contributed by atoms with Gasteiger partial charge in [-0.25, -0.2) is 4.39 Å². The summed E-state index contributed by atoms with van der Waals surface area (Å²) in [5, 5.41) is 0. The van der Waals surface area contributed by atoms with Crippen LogP contribution in [-0.2, 0) is 0 Å². The molecule has 0 aliphatic rings. The van der Waals surface area contributed by atoms with Gasteiger partial charge in [0.05, 0.1) is 0 Å². The van der Waals surface area contributed by atoms with E-state index in [0.717, 1.165) is 17.1 Å². The van der Waals surface area contributed by atoms with Crippen LogP contribution in [-0.4, -0.2) is 11.5 Å². The van der Waals surface area contributed by atoms with Gasteiger partial charge >= 0.3 is 0 Å². The maximum absolute atomic E-state index is 12.9. The van der Waals surface area contributed by atoms with Crippen molar-refractivity contribution in [3.63, 3.8) is 0 Å². The van der Waals surface area contributed by atoms with E-state index >= 15 is 0 Å². The monoisotopic (exact) mass is 227 g/mol. The van der Waals surface area contributed by atoms with Gasteiger partial charge in [0.15, 0.2) is 0 Å². The molecule has 84 valence electrons. The number of benzene rings is 1. The first kappa shape index (κ1) is 12.5. The molecule has 0 amide bonds. The van der Waals surface area contributed by atoms with Crippen LogP contribution in [0.15, 0.2) is 24.3 Å². The predicted molar refractivity (Wildman–Crippen MR) is 65.5 cm³/mol. The van der Waals surface area contributed by atoms with Crippen LogP contribution in [0.4, 0.5) is 4.39 Å². The van der Waals surface area contributed by atoms with Crippen LogP contribution < -0.4 is 5.73 Å². The molecule has 1 unspecified atom stereocenters. The molecule has 3 heteroatoms. The number of hydrogen-bond acceptors (Lipinski definition) is 2. The molecular weight excluding hydrogens is 209 g/mol. The number of thioether (sulfide) groups is 1. The van der Waals surface area contributed by atoms with E-state index in [-0.39, 0.29) is 11.9 Å². The normalized spacial score (nSPS) is 13.1. The summed E-state index contributed by atoms with van der Waals surface area (Å²) < 4.78 is 12.9. The fourth-order valence-electron chi connectivity index (χ4n) is 1.26. The second kappa shape index (κ2) is 6.13. The first-order valence-corrected chi connectivity index (χ1v) is 6.34. The van der Waals surface area contributed by atoms with Crippen molar-refractivity contribution in [3.05, 3.63) is 35.6 Å². The number of hydrogen-bond donors (Lipinski definition) is 1. The second-order valence-electron chi connectivity index (χ2n) is 4.09. The van der Waals surface area contributed by atoms with Crippen LogP contribution in [0.2, 0.25) is 0 Å². The molecule has 0 fully saturated rings. The highest BCUT2D eigenvalue weighted by Gasteiger charge is 2.07. The van der Waals surface area contributed by atoms with Gasteiger partial charge in [0.2, 0.25) is 0 Å². The third-order valence-corrected chi connectivity index (χ3v) is 3.52. The van der Waals surface area contributed by atoms with Gasteiger partial charge in [-0.05, 0) is 29.4 Å². The van der Waals surface area contributed by atoms with E-state index in [2.05, 4.69) is 13.8 Å². The number of nitrogens with two attached hydrogens (primary N) is 1. The van der Waals surface area contributed by atoms with Gasteiger partial charge in [0.25, 0.3) is 0 Å². The fourth-order valence-corrected chi connectivity index (χ4v) is 2.32. The lowest BCUT2D eigenvalue weighted by molar-refractivity contribution is 0.622. The van der Waals surface area contributed by atoms with Crippen molar-refractivity contribution >= 4 is 11.8 Å². The molecule has 2 N–H and O–H groups in total. The molecule has 1 rings (SSSR count). The SMILES string of the molecule is CC(C)CSCC(N)c1cccc(F)c1. The summed E-state index contributed by atoms with van der Waals surface area (Å²) in [5.74, 6) is 2.41. The molecule has 0 spiro atoms. The fraction of sp³-hybridized carbons (Fsp3) is 0.500. The summed E-state index contributed by atoms with van der Waals surface area (Å²) in [6, 6.07) is 6.48. The van der Waals surface area contributed by atoms with E-state index < -0.39 is 0 Å². The molecule has 0 saturated heterocycles. The minimum Gasteiger partial charge on any atom is -0.323 e. The van der Waals surface area contributed by atoms with Crippen molar-refractivity contribution in [3.8, 4) is 0 Å². The largest absolute Gasteiger partial charge is 0.323 e. The zero-order valence-corrected chi connectivity index (χ0v) is 10.1. The molecule has 15 heavy (non-hydrogen) atoms. The van der Waals surface area contributed by atoms with Crippen molar-refractivity contribution < 1.29 is 4.39 Å². The van der Waals surface area contributed by atoms with E-state index in [1.54, 1.807) is 6.07 Å². The quantitative estimate of drug-likeness (QED) is 0.836. The number of halogens is 1. The van der Waals surface area contributed by atoms with Crippen molar-refractivity contribution in [1.29, 1.82) is 0 Å². The van der Waals surface area contributed by atoms with E-state index in [0.29, 0.717) is 5.92 Å². The minimum absolute atomic E-state index is 0.0653. The third kappa shape index (κ3) is 4.67. The molecule has 1 aromatic rings. The molecule has 0 radical (unpaired) electrons. The molecule has 0 aromatic heterocycles.